The van der Waals surface area contributed by atoms with Gasteiger partial charge in [0.05, 0.1) is 16.9 Å². The highest BCUT2D eigenvalue weighted by Gasteiger charge is 2.08. The molecule has 0 fully saturated rings. The van der Waals surface area contributed by atoms with Crippen molar-refractivity contribution in [2.45, 2.75) is 13.0 Å². The molecule has 0 aliphatic heterocycles. The van der Waals surface area contributed by atoms with E-state index < -0.39 is 6.04 Å². The molecular weight excluding hydrogens is 206 g/mol. The highest BCUT2D eigenvalue weighted by molar-refractivity contribution is 5.77. The van der Waals surface area contributed by atoms with Gasteiger partial charge in [0.25, 0.3) is 5.56 Å². The number of fused-ring (bicyclic) bond motifs is 1. The first kappa shape index (κ1) is 10.2. The zero-order chi connectivity index (χ0) is 11.5. The van der Waals surface area contributed by atoms with Crippen LogP contribution in [0.3, 0.4) is 0 Å². The minimum atomic E-state index is -0.484. The molecule has 2 aromatic rings. The second-order valence-electron chi connectivity index (χ2n) is 3.35. The number of H-pyrrole nitrogens is 1. The molecule has 1 N–H and O–H groups in total. The second kappa shape index (κ2) is 4.04. The van der Waals surface area contributed by atoms with Crippen LogP contribution in [-0.2, 0) is 0 Å². The summed E-state index contributed by atoms with van der Waals surface area (Å²) in [4.78, 5) is 21.2. The monoisotopic (exact) mass is 215 g/mol. The molecule has 1 unspecified atom stereocenters. The van der Waals surface area contributed by atoms with Crippen molar-refractivity contribution in [3.63, 3.8) is 0 Å². The number of azide groups is 1. The lowest BCUT2D eigenvalue weighted by atomic mass is 10.2. The number of aromatic nitrogens is 2. The van der Waals surface area contributed by atoms with Gasteiger partial charge in [-0.05, 0) is 24.6 Å². The van der Waals surface area contributed by atoms with E-state index in [4.69, 9.17) is 5.53 Å². The SMILES string of the molecule is CC(N=[N+]=[N-])c1nc2ccccc2c(=O)[nH]1. The number of rotatable bonds is 2. The Kier molecular flexibility index (Phi) is 2.57. The second-order valence-corrected chi connectivity index (χ2v) is 3.35. The first-order chi connectivity index (χ1) is 7.72. The smallest absolute Gasteiger partial charge is 0.258 e. The van der Waals surface area contributed by atoms with Gasteiger partial charge in [-0.1, -0.05) is 17.2 Å². The zero-order valence-electron chi connectivity index (χ0n) is 8.58. The van der Waals surface area contributed by atoms with Crippen LogP contribution in [0.5, 0.6) is 0 Å². The average molecular weight is 215 g/mol. The fourth-order valence-electron chi connectivity index (χ4n) is 1.43. The molecule has 0 saturated carbocycles. The topological polar surface area (TPSA) is 94.5 Å². The van der Waals surface area contributed by atoms with Crippen LogP contribution in [0.2, 0.25) is 0 Å². The van der Waals surface area contributed by atoms with Gasteiger partial charge in [-0.3, -0.25) is 4.79 Å². The Labute approximate surface area is 90.6 Å². The number of aromatic amines is 1. The Hall–Kier alpha value is -2.33. The molecule has 1 aromatic heterocycles. The number of hydrogen-bond donors (Lipinski definition) is 1. The van der Waals surface area contributed by atoms with Gasteiger partial charge in [0.15, 0.2) is 0 Å². The summed E-state index contributed by atoms with van der Waals surface area (Å²) >= 11 is 0. The van der Waals surface area contributed by atoms with Gasteiger partial charge in [0, 0.05) is 4.91 Å². The molecule has 1 atom stereocenters. The highest BCUT2D eigenvalue weighted by atomic mass is 16.1. The Morgan fingerprint density at radius 3 is 3.00 bits per heavy atom. The molecule has 1 heterocycles. The standard InChI is InChI=1S/C10H9N5O/c1-6(14-15-11)9-12-8-5-3-2-4-7(8)10(16)13-9/h2-6H,1H3,(H,12,13,16). The van der Waals surface area contributed by atoms with Crippen molar-refractivity contribution in [2.75, 3.05) is 0 Å². The summed E-state index contributed by atoms with van der Waals surface area (Å²) in [6.45, 7) is 1.67. The van der Waals surface area contributed by atoms with Crippen LogP contribution in [0, 0.1) is 0 Å². The van der Waals surface area contributed by atoms with Crippen LogP contribution in [0.4, 0.5) is 0 Å². The summed E-state index contributed by atoms with van der Waals surface area (Å²) in [5, 5.41) is 4.02. The number of nitrogens with zero attached hydrogens (tertiary/aromatic N) is 4. The zero-order valence-corrected chi connectivity index (χ0v) is 8.58. The molecule has 0 amide bonds. The molecule has 0 aliphatic rings. The molecule has 0 aliphatic carbocycles. The van der Waals surface area contributed by atoms with E-state index in [1.165, 1.54) is 0 Å². The van der Waals surface area contributed by atoms with E-state index in [-0.39, 0.29) is 5.56 Å². The van der Waals surface area contributed by atoms with E-state index in [1.807, 2.05) is 0 Å². The molecule has 2 rings (SSSR count). The summed E-state index contributed by atoms with van der Waals surface area (Å²) < 4.78 is 0. The molecular formula is C10H9N5O. The van der Waals surface area contributed by atoms with Crippen molar-refractivity contribution in [1.82, 2.24) is 9.97 Å². The van der Waals surface area contributed by atoms with E-state index in [2.05, 4.69) is 20.0 Å². The van der Waals surface area contributed by atoms with Gasteiger partial charge >= 0.3 is 0 Å². The van der Waals surface area contributed by atoms with Crippen molar-refractivity contribution in [3.05, 3.63) is 50.9 Å². The maximum Gasteiger partial charge on any atom is 0.258 e. The number of hydrogen-bond acceptors (Lipinski definition) is 3. The number of para-hydroxylation sites is 1. The third-order valence-corrected chi connectivity index (χ3v) is 2.25. The Morgan fingerprint density at radius 1 is 1.50 bits per heavy atom. The van der Waals surface area contributed by atoms with Crippen LogP contribution >= 0.6 is 0 Å². The van der Waals surface area contributed by atoms with Crippen molar-refractivity contribution in [1.29, 1.82) is 0 Å². The fraction of sp³-hybridized carbons (Fsp3) is 0.200. The summed E-state index contributed by atoms with van der Waals surface area (Å²) in [6.07, 6.45) is 0. The molecule has 16 heavy (non-hydrogen) atoms. The molecule has 0 saturated heterocycles. The molecule has 80 valence electrons. The van der Waals surface area contributed by atoms with Crippen LogP contribution in [0.1, 0.15) is 18.8 Å². The Bertz CT molecular complexity index is 626. The Morgan fingerprint density at radius 2 is 2.25 bits per heavy atom. The largest absolute Gasteiger partial charge is 0.310 e. The van der Waals surface area contributed by atoms with Gasteiger partial charge in [-0.15, -0.1) is 0 Å². The fourth-order valence-corrected chi connectivity index (χ4v) is 1.43. The maximum atomic E-state index is 11.7. The lowest BCUT2D eigenvalue weighted by Crippen LogP contribution is -2.12. The summed E-state index contributed by atoms with van der Waals surface area (Å²) in [7, 11) is 0. The lowest BCUT2D eigenvalue weighted by molar-refractivity contribution is 0.734. The first-order valence-electron chi connectivity index (χ1n) is 4.75. The molecule has 0 spiro atoms. The molecule has 1 aromatic carbocycles. The van der Waals surface area contributed by atoms with Crippen molar-refractivity contribution < 1.29 is 0 Å². The molecule has 0 bridgehead atoms. The van der Waals surface area contributed by atoms with E-state index in [9.17, 15) is 4.79 Å². The highest BCUT2D eigenvalue weighted by Crippen LogP contribution is 2.13. The van der Waals surface area contributed by atoms with E-state index in [0.29, 0.717) is 16.7 Å². The lowest BCUT2D eigenvalue weighted by Gasteiger charge is -2.04. The third kappa shape index (κ3) is 1.74. The van der Waals surface area contributed by atoms with Crippen LogP contribution in [-0.4, -0.2) is 9.97 Å². The molecule has 6 heteroatoms. The van der Waals surface area contributed by atoms with Crippen LogP contribution < -0.4 is 5.56 Å². The minimum Gasteiger partial charge on any atom is -0.310 e. The van der Waals surface area contributed by atoms with E-state index in [1.54, 1.807) is 31.2 Å². The summed E-state index contributed by atoms with van der Waals surface area (Å²) in [6, 6.07) is 6.54. The van der Waals surface area contributed by atoms with Gasteiger partial charge in [-0.2, -0.15) is 0 Å². The van der Waals surface area contributed by atoms with Crippen molar-refractivity contribution in [2.24, 2.45) is 5.11 Å². The normalized spacial score (nSPS) is 12.1. The van der Waals surface area contributed by atoms with Crippen molar-refractivity contribution >= 4 is 10.9 Å². The molecule has 0 radical (unpaired) electrons. The minimum absolute atomic E-state index is 0.222. The Balaban J connectivity index is 2.67. The van der Waals surface area contributed by atoms with Gasteiger partial charge in [0.1, 0.15) is 5.82 Å². The molecule has 6 nitrogen and oxygen atoms in total. The average Bonchev–Trinajstić information content (AvgIpc) is 2.29. The van der Waals surface area contributed by atoms with Gasteiger partial charge in [0.2, 0.25) is 0 Å². The first-order valence-corrected chi connectivity index (χ1v) is 4.75. The van der Waals surface area contributed by atoms with Gasteiger partial charge < -0.3 is 4.98 Å². The van der Waals surface area contributed by atoms with Crippen LogP contribution in [0.25, 0.3) is 21.3 Å². The third-order valence-electron chi connectivity index (χ3n) is 2.25. The van der Waals surface area contributed by atoms with Crippen LogP contribution in [0.15, 0.2) is 34.2 Å². The predicted molar refractivity (Wildman–Crippen MR) is 59.9 cm³/mol. The van der Waals surface area contributed by atoms with Gasteiger partial charge in [-0.25, -0.2) is 4.98 Å². The van der Waals surface area contributed by atoms with E-state index >= 15 is 0 Å². The maximum absolute atomic E-state index is 11.7. The summed E-state index contributed by atoms with van der Waals surface area (Å²) in [5.74, 6) is 0.376. The predicted octanol–water partition coefficient (Wildman–Crippen LogP) is 2.29. The van der Waals surface area contributed by atoms with Crippen molar-refractivity contribution in [3.8, 4) is 0 Å². The number of benzene rings is 1. The number of nitrogens with one attached hydrogen (secondary N) is 1. The summed E-state index contributed by atoms with van der Waals surface area (Å²) in [5.41, 5.74) is 8.70. The quantitative estimate of drug-likeness (QED) is 0.472. The van der Waals surface area contributed by atoms with E-state index in [0.717, 1.165) is 0 Å².